The molecular formula is C24H34NO4+. The highest BCUT2D eigenvalue weighted by Crippen LogP contribution is 2.56. The minimum Gasteiger partial charge on any atom is -0.508 e. The van der Waals surface area contributed by atoms with Gasteiger partial charge in [0.1, 0.15) is 30.4 Å². The lowest BCUT2D eigenvalue weighted by molar-refractivity contribution is -0.886. The van der Waals surface area contributed by atoms with E-state index < -0.39 is 6.10 Å². The van der Waals surface area contributed by atoms with Crippen molar-refractivity contribution in [3.63, 3.8) is 0 Å². The smallest absolute Gasteiger partial charge is 0.315 e. The van der Waals surface area contributed by atoms with Gasteiger partial charge < -0.3 is 19.8 Å². The van der Waals surface area contributed by atoms with E-state index in [1.165, 1.54) is 18.4 Å². The number of hydrogen-bond acceptors (Lipinski definition) is 4. The fourth-order valence-corrected chi connectivity index (χ4v) is 6.13. The molecule has 7 atom stereocenters. The number of phenols is 1. The van der Waals surface area contributed by atoms with Crippen molar-refractivity contribution < 1.29 is 24.6 Å². The van der Waals surface area contributed by atoms with Crippen molar-refractivity contribution in [1.82, 2.24) is 0 Å². The minimum absolute atomic E-state index is 0.0310. The molecule has 5 heteroatoms. The molecule has 4 rings (SSSR count). The van der Waals surface area contributed by atoms with Crippen molar-refractivity contribution in [1.29, 1.82) is 0 Å². The van der Waals surface area contributed by atoms with E-state index in [0.717, 1.165) is 24.2 Å². The number of ether oxygens (including phenoxy) is 1. The van der Waals surface area contributed by atoms with Crippen molar-refractivity contribution in [2.45, 2.75) is 51.2 Å². The Hall–Kier alpha value is -1.85. The minimum atomic E-state index is -0.678. The number of likely N-dealkylation sites (N-methyl/N-ethyl adjacent to an activating group) is 1. The number of esters is 1. The van der Waals surface area contributed by atoms with Gasteiger partial charge in [0.05, 0.1) is 13.6 Å². The maximum Gasteiger partial charge on any atom is 0.315 e. The summed E-state index contributed by atoms with van der Waals surface area (Å²) in [5.41, 5.74) is 2.27. The van der Waals surface area contributed by atoms with E-state index in [0.29, 0.717) is 24.6 Å². The third kappa shape index (κ3) is 3.95. The van der Waals surface area contributed by atoms with Gasteiger partial charge in [-0.1, -0.05) is 31.2 Å². The van der Waals surface area contributed by atoms with Crippen LogP contribution in [0.4, 0.5) is 0 Å². The summed E-state index contributed by atoms with van der Waals surface area (Å²) < 4.78 is 5.86. The van der Waals surface area contributed by atoms with Gasteiger partial charge in [0.25, 0.3) is 0 Å². The van der Waals surface area contributed by atoms with Crippen molar-refractivity contribution in [2.24, 2.45) is 23.2 Å². The fourth-order valence-electron chi connectivity index (χ4n) is 6.13. The van der Waals surface area contributed by atoms with E-state index in [2.05, 4.69) is 13.5 Å². The van der Waals surface area contributed by atoms with Gasteiger partial charge in [0.15, 0.2) is 0 Å². The summed E-state index contributed by atoms with van der Waals surface area (Å²) in [6.45, 7) is 7.85. The molecule has 0 radical (unpaired) electrons. The van der Waals surface area contributed by atoms with Gasteiger partial charge in [0.2, 0.25) is 0 Å². The summed E-state index contributed by atoms with van der Waals surface area (Å²) in [7, 11) is 2.01. The number of allylic oxidation sites excluding steroid dienone is 1. The molecule has 0 amide bonds. The first-order chi connectivity index (χ1) is 13.8. The summed E-state index contributed by atoms with van der Waals surface area (Å²) in [5.74, 6) is 0.713. The Kier molecular flexibility index (Phi) is 5.47. The van der Waals surface area contributed by atoms with Crippen molar-refractivity contribution in [2.75, 3.05) is 20.1 Å². The van der Waals surface area contributed by atoms with Gasteiger partial charge in [-0.3, -0.25) is 4.79 Å². The van der Waals surface area contributed by atoms with Crippen LogP contribution in [-0.2, 0) is 9.53 Å². The van der Waals surface area contributed by atoms with Crippen LogP contribution in [0.3, 0.4) is 0 Å². The molecule has 158 valence electrons. The van der Waals surface area contributed by atoms with Crippen LogP contribution in [0, 0.1) is 23.2 Å². The SMILES string of the molecule is C=C1CCC[C@]2(C)C[C@H]3OC(=O)[C@H](C[NH+](C)C[C@@H](O)c4cccc(O)c4)[C@H]3C[C@@H]12. The quantitative estimate of drug-likeness (QED) is 0.524. The van der Waals surface area contributed by atoms with Gasteiger partial charge in [-0.15, -0.1) is 0 Å². The number of carbonyl (C=O) groups is 1. The maximum atomic E-state index is 12.7. The zero-order valence-corrected chi connectivity index (χ0v) is 17.6. The molecule has 0 aromatic heterocycles. The summed E-state index contributed by atoms with van der Waals surface area (Å²) in [6.07, 6.45) is 4.81. The number of aromatic hydroxyl groups is 1. The van der Waals surface area contributed by atoms with E-state index in [9.17, 15) is 15.0 Å². The molecule has 1 aromatic rings. The van der Waals surface area contributed by atoms with Gasteiger partial charge in [-0.25, -0.2) is 0 Å². The molecule has 3 aliphatic rings. The van der Waals surface area contributed by atoms with E-state index in [4.69, 9.17) is 4.74 Å². The number of fused-ring (bicyclic) bond motifs is 2. The molecule has 3 fully saturated rings. The number of nitrogens with one attached hydrogen (secondary N) is 1. The van der Waals surface area contributed by atoms with Crippen molar-refractivity contribution >= 4 is 5.97 Å². The predicted octanol–water partition coefficient (Wildman–Crippen LogP) is 2.25. The molecule has 1 saturated heterocycles. The Morgan fingerprint density at radius 3 is 2.97 bits per heavy atom. The molecule has 0 bridgehead atoms. The van der Waals surface area contributed by atoms with Crippen LogP contribution in [0.2, 0.25) is 0 Å². The van der Waals surface area contributed by atoms with Crippen LogP contribution >= 0.6 is 0 Å². The normalized spacial score (nSPS) is 36.1. The van der Waals surface area contributed by atoms with E-state index in [-0.39, 0.29) is 35.1 Å². The fraction of sp³-hybridized carbons (Fsp3) is 0.625. The van der Waals surface area contributed by atoms with Gasteiger partial charge in [-0.05, 0) is 61.1 Å². The van der Waals surface area contributed by atoms with Crippen LogP contribution < -0.4 is 4.90 Å². The Morgan fingerprint density at radius 2 is 2.21 bits per heavy atom. The highest BCUT2D eigenvalue weighted by molar-refractivity contribution is 5.75. The second kappa shape index (κ2) is 7.77. The maximum absolute atomic E-state index is 12.7. The van der Waals surface area contributed by atoms with Gasteiger partial charge in [0, 0.05) is 5.92 Å². The molecule has 1 unspecified atom stereocenters. The second-order valence-electron chi connectivity index (χ2n) is 9.88. The summed E-state index contributed by atoms with van der Waals surface area (Å²) in [6, 6.07) is 6.73. The van der Waals surface area contributed by atoms with E-state index in [1.54, 1.807) is 18.2 Å². The van der Waals surface area contributed by atoms with Crippen LogP contribution in [0.5, 0.6) is 5.75 Å². The van der Waals surface area contributed by atoms with Crippen LogP contribution in [0.15, 0.2) is 36.4 Å². The van der Waals surface area contributed by atoms with Gasteiger partial charge in [-0.2, -0.15) is 0 Å². The second-order valence-corrected chi connectivity index (χ2v) is 9.88. The first kappa shape index (κ1) is 20.4. The molecule has 2 saturated carbocycles. The average molecular weight is 401 g/mol. The number of quaternary nitrogens is 1. The van der Waals surface area contributed by atoms with Crippen LogP contribution in [0.25, 0.3) is 0 Å². The van der Waals surface area contributed by atoms with E-state index in [1.807, 2.05) is 13.1 Å². The molecule has 1 aromatic carbocycles. The molecule has 3 N–H and O–H groups in total. The van der Waals surface area contributed by atoms with Crippen LogP contribution in [-0.4, -0.2) is 42.4 Å². The number of benzene rings is 1. The molecule has 5 nitrogen and oxygen atoms in total. The lowest BCUT2D eigenvalue weighted by Gasteiger charge is -2.50. The summed E-state index contributed by atoms with van der Waals surface area (Å²) >= 11 is 0. The molecule has 29 heavy (non-hydrogen) atoms. The Morgan fingerprint density at radius 1 is 1.41 bits per heavy atom. The largest absolute Gasteiger partial charge is 0.508 e. The van der Waals surface area contributed by atoms with Crippen molar-refractivity contribution in [3.05, 3.63) is 42.0 Å². The third-order valence-corrected chi connectivity index (χ3v) is 7.69. The first-order valence-corrected chi connectivity index (χ1v) is 10.9. The molecule has 1 aliphatic heterocycles. The summed E-state index contributed by atoms with van der Waals surface area (Å²) in [4.78, 5) is 13.8. The van der Waals surface area contributed by atoms with Crippen molar-refractivity contribution in [3.8, 4) is 5.75 Å². The number of phenolic OH excluding ortho intramolecular Hbond substituents is 1. The number of carbonyl (C=O) groups excluding carboxylic acids is 1. The zero-order chi connectivity index (χ0) is 20.8. The lowest BCUT2D eigenvalue weighted by atomic mass is 9.55. The Balaban J connectivity index is 1.42. The highest BCUT2D eigenvalue weighted by Gasteiger charge is 2.55. The molecular weight excluding hydrogens is 366 g/mol. The number of aliphatic hydroxyl groups excluding tert-OH is 1. The number of aliphatic hydroxyl groups is 1. The summed E-state index contributed by atoms with van der Waals surface area (Å²) in [5, 5.41) is 20.2. The first-order valence-electron chi connectivity index (χ1n) is 10.9. The van der Waals surface area contributed by atoms with Gasteiger partial charge >= 0.3 is 5.97 Å². The Labute approximate surface area is 173 Å². The standard InChI is InChI=1S/C24H33NO4/c1-15-6-5-9-24(2)12-22-18(11-20(15)24)19(23(28)29-22)13-25(3)14-21(27)16-7-4-8-17(26)10-16/h4,7-8,10,18-22,26-27H,1,5-6,9,11-14H2,2-3H3/p+1/t18-,19-,20+,21-,22-,24-/m1/s1. The number of hydrogen-bond donors (Lipinski definition) is 3. The van der Waals surface area contributed by atoms with Crippen LogP contribution in [0.1, 0.15) is 50.7 Å². The molecule has 2 aliphatic carbocycles. The highest BCUT2D eigenvalue weighted by atomic mass is 16.6. The topological polar surface area (TPSA) is 71.2 Å². The number of rotatable bonds is 5. The zero-order valence-electron chi connectivity index (χ0n) is 17.6. The third-order valence-electron chi connectivity index (χ3n) is 7.69. The lowest BCUT2D eigenvalue weighted by Crippen LogP contribution is -3.10. The predicted molar refractivity (Wildman–Crippen MR) is 110 cm³/mol. The monoisotopic (exact) mass is 400 g/mol. The van der Waals surface area contributed by atoms with E-state index >= 15 is 0 Å². The average Bonchev–Trinajstić information content (AvgIpc) is 2.94. The Bertz CT molecular complexity index is 793. The molecule has 1 heterocycles. The molecule has 0 spiro atoms.